The topological polar surface area (TPSA) is 65.4 Å². The molecule has 2 rings (SSSR count). The number of nitrogens with one attached hydrogen (secondary N) is 1. The predicted octanol–water partition coefficient (Wildman–Crippen LogP) is 2.03. The molecule has 76 valence electrons. The van der Waals surface area contributed by atoms with E-state index in [1.165, 1.54) is 6.33 Å². The first-order chi connectivity index (χ1) is 7.22. The van der Waals surface area contributed by atoms with Gasteiger partial charge in [-0.1, -0.05) is 13.8 Å². The molecule has 0 saturated carbocycles. The first-order valence-electron chi connectivity index (χ1n) is 4.93. The van der Waals surface area contributed by atoms with Gasteiger partial charge in [-0.3, -0.25) is 0 Å². The van der Waals surface area contributed by atoms with Crippen molar-refractivity contribution in [2.45, 2.75) is 20.3 Å². The lowest BCUT2D eigenvalue weighted by molar-refractivity contribution is 0.637. The number of nitriles is 1. The van der Waals surface area contributed by atoms with E-state index in [0.717, 1.165) is 23.1 Å². The van der Waals surface area contributed by atoms with E-state index in [9.17, 15) is 0 Å². The predicted molar refractivity (Wildman–Crippen MR) is 57.1 cm³/mol. The van der Waals surface area contributed by atoms with Crippen molar-refractivity contribution in [1.29, 1.82) is 5.26 Å². The Balaban J connectivity index is 2.60. The molecule has 2 aromatic rings. The van der Waals surface area contributed by atoms with Gasteiger partial charge in [-0.05, 0) is 12.3 Å². The molecule has 0 aromatic carbocycles. The molecule has 0 amide bonds. The maximum Gasteiger partial charge on any atom is 0.116 e. The highest BCUT2D eigenvalue weighted by atomic mass is 14.9. The average molecular weight is 200 g/mol. The van der Waals surface area contributed by atoms with Crippen LogP contribution in [0.1, 0.15) is 25.1 Å². The van der Waals surface area contributed by atoms with Gasteiger partial charge >= 0.3 is 0 Å². The number of nitrogens with zero attached hydrogens (tertiary/aromatic N) is 3. The summed E-state index contributed by atoms with van der Waals surface area (Å²) in [6.07, 6.45) is 4.03. The van der Waals surface area contributed by atoms with Crippen LogP contribution in [0.2, 0.25) is 0 Å². The SMILES string of the molecule is CC(C)Cc1[nH]c2cncnc2c1C#N. The molecule has 0 spiro atoms. The molecule has 0 fully saturated rings. The monoisotopic (exact) mass is 200 g/mol. The van der Waals surface area contributed by atoms with Crippen LogP contribution in [0.4, 0.5) is 0 Å². The maximum atomic E-state index is 9.09. The van der Waals surface area contributed by atoms with E-state index >= 15 is 0 Å². The molecule has 0 aliphatic heterocycles. The Morgan fingerprint density at radius 3 is 3.00 bits per heavy atom. The van der Waals surface area contributed by atoms with Crippen molar-refractivity contribution in [1.82, 2.24) is 15.0 Å². The van der Waals surface area contributed by atoms with Crippen LogP contribution < -0.4 is 0 Å². The van der Waals surface area contributed by atoms with Crippen molar-refractivity contribution in [2.75, 3.05) is 0 Å². The second kappa shape index (κ2) is 3.70. The Morgan fingerprint density at radius 1 is 1.53 bits per heavy atom. The number of hydrogen-bond acceptors (Lipinski definition) is 3. The molecule has 1 N–H and O–H groups in total. The highest BCUT2D eigenvalue weighted by molar-refractivity contribution is 5.82. The van der Waals surface area contributed by atoms with E-state index in [0.29, 0.717) is 11.5 Å². The van der Waals surface area contributed by atoms with Crippen molar-refractivity contribution in [3.63, 3.8) is 0 Å². The molecule has 15 heavy (non-hydrogen) atoms. The molecule has 0 radical (unpaired) electrons. The lowest BCUT2D eigenvalue weighted by Crippen LogP contribution is -1.96. The molecular formula is C11H12N4. The summed E-state index contributed by atoms with van der Waals surface area (Å²) in [5.41, 5.74) is 3.18. The highest BCUT2D eigenvalue weighted by Crippen LogP contribution is 2.20. The van der Waals surface area contributed by atoms with Crippen LogP contribution in [0.15, 0.2) is 12.5 Å². The van der Waals surface area contributed by atoms with Gasteiger partial charge in [0.05, 0.1) is 17.3 Å². The fourth-order valence-corrected chi connectivity index (χ4v) is 1.67. The lowest BCUT2D eigenvalue weighted by atomic mass is 10.1. The van der Waals surface area contributed by atoms with Crippen LogP contribution in [0, 0.1) is 17.2 Å². The third-order valence-corrected chi connectivity index (χ3v) is 2.26. The summed E-state index contributed by atoms with van der Waals surface area (Å²) < 4.78 is 0. The van der Waals surface area contributed by atoms with E-state index in [1.54, 1.807) is 6.20 Å². The van der Waals surface area contributed by atoms with Crippen LogP contribution in [-0.4, -0.2) is 15.0 Å². The smallest absolute Gasteiger partial charge is 0.116 e. The average Bonchev–Trinajstić information content (AvgIpc) is 2.53. The number of aromatic amines is 1. The van der Waals surface area contributed by atoms with E-state index in [1.807, 2.05) is 0 Å². The molecule has 0 unspecified atom stereocenters. The molecule has 0 aliphatic carbocycles. The van der Waals surface area contributed by atoms with Gasteiger partial charge in [0.25, 0.3) is 0 Å². The van der Waals surface area contributed by atoms with E-state index in [2.05, 4.69) is 34.9 Å². The summed E-state index contributed by atoms with van der Waals surface area (Å²) in [4.78, 5) is 11.2. The molecular weight excluding hydrogens is 188 g/mol. The molecule has 0 aliphatic rings. The molecule has 4 heteroatoms. The number of aromatic nitrogens is 3. The fourth-order valence-electron chi connectivity index (χ4n) is 1.67. The Morgan fingerprint density at radius 2 is 2.33 bits per heavy atom. The highest BCUT2D eigenvalue weighted by Gasteiger charge is 2.12. The first kappa shape index (κ1) is 9.66. The zero-order chi connectivity index (χ0) is 10.8. The molecule has 2 heterocycles. The second-order valence-corrected chi connectivity index (χ2v) is 3.97. The summed E-state index contributed by atoms with van der Waals surface area (Å²) in [6, 6.07) is 2.20. The van der Waals surface area contributed by atoms with Gasteiger partial charge in [-0.25, -0.2) is 9.97 Å². The molecule has 0 atom stereocenters. The molecule has 0 bridgehead atoms. The quantitative estimate of drug-likeness (QED) is 0.806. The number of hydrogen-bond donors (Lipinski definition) is 1. The minimum Gasteiger partial charge on any atom is -0.355 e. The van der Waals surface area contributed by atoms with Crippen molar-refractivity contribution in [3.8, 4) is 6.07 Å². The molecule has 2 aromatic heterocycles. The van der Waals surface area contributed by atoms with Crippen LogP contribution in [-0.2, 0) is 6.42 Å². The van der Waals surface area contributed by atoms with Crippen molar-refractivity contribution in [3.05, 3.63) is 23.8 Å². The van der Waals surface area contributed by atoms with Gasteiger partial charge in [0, 0.05) is 5.69 Å². The number of H-pyrrole nitrogens is 1. The van der Waals surface area contributed by atoms with E-state index in [4.69, 9.17) is 5.26 Å². The summed E-state index contributed by atoms with van der Waals surface area (Å²) >= 11 is 0. The van der Waals surface area contributed by atoms with Crippen molar-refractivity contribution in [2.24, 2.45) is 5.92 Å². The van der Waals surface area contributed by atoms with Gasteiger partial charge in [-0.2, -0.15) is 5.26 Å². The second-order valence-electron chi connectivity index (χ2n) is 3.97. The van der Waals surface area contributed by atoms with Gasteiger partial charge < -0.3 is 4.98 Å². The standard InChI is InChI=1S/C11H12N4/c1-7(2)3-9-8(4-12)11-10(15-9)5-13-6-14-11/h5-7,15H,3H2,1-2H3. The summed E-state index contributed by atoms with van der Waals surface area (Å²) in [5.74, 6) is 0.512. The molecule has 0 saturated heterocycles. The van der Waals surface area contributed by atoms with Gasteiger partial charge in [0.1, 0.15) is 17.9 Å². The summed E-state index contributed by atoms with van der Waals surface area (Å²) in [5, 5.41) is 9.09. The Hall–Kier alpha value is -1.89. The Kier molecular flexibility index (Phi) is 2.38. The largest absolute Gasteiger partial charge is 0.355 e. The van der Waals surface area contributed by atoms with Crippen LogP contribution in [0.3, 0.4) is 0 Å². The van der Waals surface area contributed by atoms with E-state index < -0.39 is 0 Å². The normalized spacial score (nSPS) is 10.8. The van der Waals surface area contributed by atoms with Gasteiger partial charge in [0.15, 0.2) is 0 Å². The van der Waals surface area contributed by atoms with Gasteiger partial charge in [-0.15, -0.1) is 0 Å². The third kappa shape index (κ3) is 1.68. The van der Waals surface area contributed by atoms with Crippen LogP contribution in [0.5, 0.6) is 0 Å². The van der Waals surface area contributed by atoms with Crippen LogP contribution in [0.25, 0.3) is 11.0 Å². The van der Waals surface area contributed by atoms with Crippen molar-refractivity contribution >= 4 is 11.0 Å². The zero-order valence-corrected chi connectivity index (χ0v) is 8.78. The zero-order valence-electron chi connectivity index (χ0n) is 8.78. The Labute approximate surface area is 88.0 Å². The molecule has 4 nitrogen and oxygen atoms in total. The third-order valence-electron chi connectivity index (χ3n) is 2.26. The van der Waals surface area contributed by atoms with E-state index in [-0.39, 0.29) is 0 Å². The van der Waals surface area contributed by atoms with Gasteiger partial charge in [0.2, 0.25) is 0 Å². The summed E-state index contributed by atoms with van der Waals surface area (Å²) in [6.45, 7) is 4.25. The maximum absolute atomic E-state index is 9.09. The number of rotatable bonds is 2. The fraction of sp³-hybridized carbons (Fsp3) is 0.364. The number of fused-ring (bicyclic) bond motifs is 1. The first-order valence-corrected chi connectivity index (χ1v) is 4.93. The van der Waals surface area contributed by atoms with Crippen molar-refractivity contribution < 1.29 is 0 Å². The Bertz CT molecular complexity index is 519. The lowest BCUT2D eigenvalue weighted by Gasteiger charge is -2.01. The minimum atomic E-state index is 0.512. The minimum absolute atomic E-state index is 0.512. The summed E-state index contributed by atoms with van der Waals surface area (Å²) in [7, 11) is 0. The van der Waals surface area contributed by atoms with Crippen LogP contribution >= 0.6 is 0 Å².